The molecule has 1 aromatic heterocycles. The molecule has 1 nitrogen and oxygen atoms in total. The predicted octanol–water partition coefficient (Wildman–Crippen LogP) is 8.96. The molecule has 1 heterocycles. The predicted molar refractivity (Wildman–Crippen MR) is 144 cm³/mol. The normalized spacial score (nSPS) is 13.8. The molecule has 0 aliphatic heterocycles. The number of hydrogen-bond acceptors (Lipinski definition) is 0. The Labute approximate surface area is 199 Å². The maximum Gasteiger partial charge on any atom is 0.0548 e. The van der Waals surface area contributed by atoms with Crippen LogP contribution in [0, 0.1) is 0 Å². The lowest BCUT2D eigenvalue weighted by Gasteiger charge is -2.25. The molecule has 0 atom stereocenters. The fourth-order valence-electron chi connectivity index (χ4n) is 5.99. The highest BCUT2D eigenvalue weighted by Crippen LogP contribution is 2.55. The Kier molecular flexibility index (Phi) is 3.96. The van der Waals surface area contributed by atoms with Crippen LogP contribution < -0.4 is 0 Å². The van der Waals surface area contributed by atoms with Gasteiger partial charge < -0.3 is 4.98 Å². The van der Waals surface area contributed by atoms with Gasteiger partial charge in [0.1, 0.15) is 0 Å². The molecular weight excluding hydrogens is 410 g/mol. The number of nitrogens with one attached hydrogen (secondary N) is 1. The van der Waals surface area contributed by atoms with Crippen molar-refractivity contribution in [3.8, 4) is 33.4 Å². The second-order valence-corrected chi connectivity index (χ2v) is 9.88. The van der Waals surface area contributed by atoms with E-state index in [1.165, 1.54) is 66.3 Å². The van der Waals surface area contributed by atoms with Gasteiger partial charge in [0, 0.05) is 27.3 Å². The number of H-pyrrole nitrogens is 1. The highest BCUT2D eigenvalue weighted by Gasteiger charge is 2.39. The summed E-state index contributed by atoms with van der Waals surface area (Å²) in [5, 5.41) is 2.57. The average Bonchev–Trinajstić information content (AvgIpc) is 3.37. The smallest absolute Gasteiger partial charge is 0.0548 e. The van der Waals surface area contributed by atoms with Crippen LogP contribution in [0.2, 0.25) is 0 Å². The van der Waals surface area contributed by atoms with Gasteiger partial charge in [0.15, 0.2) is 0 Å². The topological polar surface area (TPSA) is 15.8 Å². The van der Waals surface area contributed by atoms with Crippen LogP contribution in [0.4, 0.5) is 0 Å². The van der Waals surface area contributed by atoms with Gasteiger partial charge in [-0.05, 0) is 57.1 Å². The summed E-state index contributed by atoms with van der Waals surface area (Å²) < 4.78 is 0. The molecule has 7 rings (SSSR count). The summed E-state index contributed by atoms with van der Waals surface area (Å²) >= 11 is 0. The first-order chi connectivity index (χ1) is 16.6. The van der Waals surface area contributed by atoms with Crippen molar-refractivity contribution in [2.75, 3.05) is 0 Å². The Bertz CT molecular complexity index is 1700. The molecule has 0 fully saturated rings. The van der Waals surface area contributed by atoms with Gasteiger partial charge in [-0.15, -0.1) is 0 Å². The molecule has 0 saturated heterocycles. The van der Waals surface area contributed by atoms with Gasteiger partial charge in [-0.25, -0.2) is 0 Å². The van der Waals surface area contributed by atoms with Gasteiger partial charge in [0.05, 0.1) is 5.52 Å². The highest BCUT2D eigenvalue weighted by atomic mass is 14.7. The third kappa shape index (κ3) is 2.61. The van der Waals surface area contributed by atoms with Crippen molar-refractivity contribution in [2.24, 2.45) is 0 Å². The van der Waals surface area contributed by atoms with E-state index in [0.717, 1.165) is 0 Å². The van der Waals surface area contributed by atoms with E-state index >= 15 is 0 Å². The summed E-state index contributed by atoms with van der Waals surface area (Å²) in [7, 11) is 0. The Morgan fingerprint density at radius 2 is 1.24 bits per heavy atom. The molecule has 0 amide bonds. The van der Waals surface area contributed by atoms with E-state index in [1.54, 1.807) is 0 Å². The molecule has 0 radical (unpaired) electrons. The second-order valence-electron chi connectivity index (χ2n) is 9.88. The first kappa shape index (κ1) is 19.4. The minimum atomic E-state index is -0.0716. The van der Waals surface area contributed by atoms with Crippen molar-refractivity contribution in [3.63, 3.8) is 0 Å². The van der Waals surface area contributed by atoms with Crippen molar-refractivity contribution in [1.82, 2.24) is 4.98 Å². The molecule has 1 N–H and O–H groups in total. The third-order valence-electron chi connectivity index (χ3n) is 7.58. The van der Waals surface area contributed by atoms with Crippen LogP contribution in [0.1, 0.15) is 25.0 Å². The SMILES string of the molecule is CC1(C)c2ccccc2-c2c1c(-c1ccccc1)cc1c2[nH]c2ccc(-c3ccccc3)cc21. The minimum Gasteiger partial charge on any atom is -0.354 e. The number of fused-ring (bicyclic) bond motifs is 7. The van der Waals surface area contributed by atoms with Crippen LogP contribution in [0.3, 0.4) is 0 Å². The molecule has 5 aromatic carbocycles. The largest absolute Gasteiger partial charge is 0.354 e. The van der Waals surface area contributed by atoms with Gasteiger partial charge in [-0.1, -0.05) is 105 Å². The summed E-state index contributed by atoms with van der Waals surface area (Å²) in [6.45, 7) is 4.73. The Hall–Kier alpha value is -4.10. The van der Waals surface area contributed by atoms with Gasteiger partial charge in [-0.3, -0.25) is 0 Å². The minimum absolute atomic E-state index is 0.0716. The van der Waals surface area contributed by atoms with Crippen LogP contribution >= 0.6 is 0 Å². The van der Waals surface area contributed by atoms with E-state index in [9.17, 15) is 0 Å². The second kappa shape index (κ2) is 6.95. The molecule has 0 bridgehead atoms. The summed E-state index contributed by atoms with van der Waals surface area (Å²) in [5.41, 5.74) is 13.0. The van der Waals surface area contributed by atoms with Gasteiger partial charge >= 0.3 is 0 Å². The van der Waals surface area contributed by atoms with Crippen molar-refractivity contribution < 1.29 is 0 Å². The molecule has 1 aliphatic rings. The first-order valence-corrected chi connectivity index (χ1v) is 12.0. The van der Waals surface area contributed by atoms with Gasteiger partial charge in [0.25, 0.3) is 0 Å². The summed E-state index contributed by atoms with van der Waals surface area (Å²) in [6.07, 6.45) is 0. The fourth-order valence-corrected chi connectivity index (χ4v) is 5.99. The maximum atomic E-state index is 3.81. The van der Waals surface area contributed by atoms with Gasteiger partial charge in [-0.2, -0.15) is 0 Å². The molecule has 0 spiro atoms. The molecule has 6 aromatic rings. The quantitative estimate of drug-likeness (QED) is 0.279. The molecule has 162 valence electrons. The monoisotopic (exact) mass is 435 g/mol. The zero-order valence-corrected chi connectivity index (χ0v) is 19.4. The lowest BCUT2D eigenvalue weighted by Crippen LogP contribution is -2.16. The fraction of sp³-hybridized carbons (Fsp3) is 0.0909. The van der Waals surface area contributed by atoms with Crippen LogP contribution in [0.25, 0.3) is 55.2 Å². The van der Waals surface area contributed by atoms with Crippen molar-refractivity contribution in [2.45, 2.75) is 19.3 Å². The molecule has 1 aliphatic carbocycles. The number of rotatable bonds is 2. The van der Waals surface area contributed by atoms with E-state index < -0.39 is 0 Å². The highest BCUT2D eigenvalue weighted by molar-refractivity contribution is 6.16. The molecule has 34 heavy (non-hydrogen) atoms. The zero-order chi connectivity index (χ0) is 22.9. The summed E-state index contributed by atoms with van der Waals surface area (Å²) in [6, 6.07) is 39.7. The van der Waals surface area contributed by atoms with Crippen LogP contribution in [0.5, 0.6) is 0 Å². The van der Waals surface area contributed by atoms with E-state index in [1.807, 2.05) is 0 Å². The maximum absolute atomic E-state index is 3.81. The van der Waals surface area contributed by atoms with Crippen LogP contribution in [-0.4, -0.2) is 4.98 Å². The van der Waals surface area contributed by atoms with Crippen molar-refractivity contribution in [3.05, 3.63) is 120 Å². The Balaban J connectivity index is 1.63. The van der Waals surface area contributed by atoms with Gasteiger partial charge in [0.2, 0.25) is 0 Å². The van der Waals surface area contributed by atoms with E-state index in [4.69, 9.17) is 0 Å². The van der Waals surface area contributed by atoms with Crippen LogP contribution in [0.15, 0.2) is 109 Å². The molecular formula is C33H25N. The van der Waals surface area contributed by atoms with E-state index in [0.29, 0.717) is 0 Å². The van der Waals surface area contributed by atoms with E-state index in [-0.39, 0.29) is 5.41 Å². The lowest BCUT2D eigenvalue weighted by atomic mass is 9.78. The first-order valence-electron chi connectivity index (χ1n) is 12.0. The number of hydrogen-bond donors (Lipinski definition) is 1. The number of aromatic nitrogens is 1. The third-order valence-corrected chi connectivity index (χ3v) is 7.58. The van der Waals surface area contributed by atoms with Crippen molar-refractivity contribution >= 4 is 21.8 Å². The van der Waals surface area contributed by atoms with Crippen molar-refractivity contribution in [1.29, 1.82) is 0 Å². The molecule has 1 heteroatoms. The Morgan fingerprint density at radius 3 is 2.00 bits per heavy atom. The molecule has 0 saturated carbocycles. The lowest BCUT2D eigenvalue weighted by molar-refractivity contribution is 0.662. The van der Waals surface area contributed by atoms with E-state index in [2.05, 4.69) is 128 Å². The molecule has 0 unspecified atom stereocenters. The summed E-state index contributed by atoms with van der Waals surface area (Å²) in [4.78, 5) is 3.81. The number of benzene rings is 5. The summed E-state index contributed by atoms with van der Waals surface area (Å²) in [5.74, 6) is 0. The zero-order valence-electron chi connectivity index (χ0n) is 19.4. The van der Waals surface area contributed by atoms with Crippen LogP contribution in [-0.2, 0) is 5.41 Å². The Morgan fingerprint density at radius 1 is 0.559 bits per heavy atom. The number of aromatic amines is 1. The average molecular weight is 436 g/mol. The standard InChI is InChI=1S/C33H25N/c1-33(2)28-16-10-9-15-24(28)30-31(33)25(22-13-7-4-8-14-22)20-27-26-19-23(21-11-5-3-6-12-21)17-18-29(26)34-32(27)30/h3-20,34H,1-2H3.